The summed E-state index contributed by atoms with van der Waals surface area (Å²) in [6, 6.07) is 6.41. The first-order chi connectivity index (χ1) is 8.73. The Morgan fingerprint density at radius 3 is 3.11 bits per heavy atom. The Kier molecular flexibility index (Phi) is 3.04. The van der Waals surface area contributed by atoms with Gasteiger partial charge in [0.15, 0.2) is 0 Å². The van der Waals surface area contributed by atoms with E-state index in [-0.39, 0.29) is 11.7 Å². The van der Waals surface area contributed by atoms with Crippen molar-refractivity contribution in [1.82, 2.24) is 5.32 Å². The van der Waals surface area contributed by atoms with Crippen LogP contribution >= 0.6 is 0 Å². The normalized spacial score (nSPS) is 31.1. The van der Waals surface area contributed by atoms with E-state index in [4.69, 9.17) is 9.47 Å². The number of rotatable bonds is 1. The second kappa shape index (κ2) is 4.56. The highest BCUT2D eigenvalue weighted by molar-refractivity contribution is 5.41. The van der Waals surface area contributed by atoms with E-state index >= 15 is 0 Å². The molecule has 3 heteroatoms. The molecule has 1 heterocycles. The highest BCUT2D eigenvalue weighted by Crippen LogP contribution is 2.41. The van der Waals surface area contributed by atoms with Crippen LogP contribution in [0.3, 0.4) is 0 Å². The Morgan fingerprint density at radius 2 is 2.33 bits per heavy atom. The molecular formula is C15H21NO2. The minimum atomic E-state index is -0.139. The van der Waals surface area contributed by atoms with Gasteiger partial charge in [0.05, 0.1) is 13.2 Å². The van der Waals surface area contributed by atoms with Crippen molar-refractivity contribution in [1.29, 1.82) is 0 Å². The van der Waals surface area contributed by atoms with Crippen LogP contribution in [0.4, 0.5) is 0 Å². The number of hydrogen-bond acceptors (Lipinski definition) is 3. The fourth-order valence-corrected chi connectivity index (χ4v) is 3.28. The van der Waals surface area contributed by atoms with Gasteiger partial charge in [0.2, 0.25) is 0 Å². The van der Waals surface area contributed by atoms with Crippen LogP contribution in [0.2, 0.25) is 0 Å². The lowest BCUT2D eigenvalue weighted by molar-refractivity contribution is -0.123. The fourth-order valence-electron chi connectivity index (χ4n) is 3.28. The summed E-state index contributed by atoms with van der Waals surface area (Å²) in [7, 11) is 1.72. The molecule has 2 aliphatic rings. The van der Waals surface area contributed by atoms with Crippen molar-refractivity contribution in [2.24, 2.45) is 0 Å². The molecule has 2 unspecified atom stereocenters. The van der Waals surface area contributed by atoms with Crippen molar-refractivity contribution in [3.8, 4) is 5.75 Å². The third-order valence-electron chi connectivity index (χ3n) is 4.10. The summed E-state index contributed by atoms with van der Waals surface area (Å²) in [5, 5.41) is 3.51. The highest BCUT2D eigenvalue weighted by atomic mass is 16.5. The van der Waals surface area contributed by atoms with Gasteiger partial charge in [0.25, 0.3) is 0 Å². The minimum Gasteiger partial charge on any atom is -0.497 e. The van der Waals surface area contributed by atoms with Crippen molar-refractivity contribution in [3.05, 3.63) is 29.3 Å². The standard InChI is InChI=1S/C15H21NO2/c1-11-9-16-10-15(18-11)7-3-4-12-5-6-13(17-2)8-14(12)15/h5-6,8,11,16H,3-4,7,9-10H2,1-2H3. The van der Waals surface area contributed by atoms with E-state index in [0.29, 0.717) is 0 Å². The number of benzene rings is 1. The van der Waals surface area contributed by atoms with Crippen LogP contribution in [-0.2, 0) is 16.8 Å². The first-order valence-electron chi connectivity index (χ1n) is 6.79. The lowest BCUT2D eigenvalue weighted by Gasteiger charge is -2.44. The van der Waals surface area contributed by atoms with Crippen LogP contribution in [-0.4, -0.2) is 26.3 Å². The van der Waals surface area contributed by atoms with Crippen LogP contribution in [0.15, 0.2) is 18.2 Å². The Balaban J connectivity index is 2.04. The minimum absolute atomic E-state index is 0.139. The number of morpholine rings is 1. The summed E-state index contributed by atoms with van der Waals surface area (Å²) < 4.78 is 11.7. The Hall–Kier alpha value is -1.06. The zero-order chi connectivity index (χ0) is 12.6. The lowest BCUT2D eigenvalue weighted by Crippen LogP contribution is -2.52. The molecule has 0 bridgehead atoms. The molecule has 98 valence electrons. The molecule has 1 fully saturated rings. The highest BCUT2D eigenvalue weighted by Gasteiger charge is 2.41. The molecule has 1 saturated heterocycles. The molecule has 3 nitrogen and oxygen atoms in total. The number of aryl methyl sites for hydroxylation is 1. The van der Waals surface area contributed by atoms with Gasteiger partial charge in [-0.25, -0.2) is 0 Å². The average molecular weight is 247 g/mol. The molecule has 1 spiro atoms. The first kappa shape index (κ1) is 12.0. The molecule has 1 aliphatic heterocycles. The smallest absolute Gasteiger partial charge is 0.119 e. The van der Waals surface area contributed by atoms with Gasteiger partial charge in [-0.05, 0) is 49.4 Å². The largest absolute Gasteiger partial charge is 0.497 e. The topological polar surface area (TPSA) is 30.5 Å². The van der Waals surface area contributed by atoms with E-state index in [1.165, 1.54) is 17.5 Å². The fraction of sp³-hybridized carbons (Fsp3) is 0.600. The van der Waals surface area contributed by atoms with Gasteiger partial charge in [-0.15, -0.1) is 0 Å². The summed E-state index contributed by atoms with van der Waals surface area (Å²) in [4.78, 5) is 0. The molecule has 18 heavy (non-hydrogen) atoms. The second-order valence-electron chi connectivity index (χ2n) is 5.43. The quantitative estimate of drug-likeness (QED) is 0.825. The predicted octanol–water partition coefficient (Wildman–Crippen LogP) is 2.24. The molecule has 1 aliphatic carbocycles. The zero-order valence-electron chi connectivity index (χ0n) is 11.2. The molecule has 1 aromatic carbocycles. The third kappa shape index (κ3) is 1.91. The maximum atomic E-state index is 6.32. The van der Waals surface area contributed by atoms with Gasteiger partial charge < -0.3 is 14.8 Å². The van der Waals surface area contributed by atoms with Gasteiger partial charge in [0, 0.05) is 13.1 Å². The van der Waals surface area contributed by atoms with Gasteiger partial charge in [0.1, 0.15) is 11.4 Å². The third-order valence-corrected chi connectivity index (χ3v) is 4.10. The van der Waals surface area contributed by atoms with Gasteiger partial charge in [-0.2, -0.15) is 0 Å². The first-order valence-corrected chi connectivity index (χ1v) is 6.79. The number of methoxy groups -OCH3 is 1. The van der Waals surface area contributed by atoms with Crippen LogP contribution < -0.4 is 10.1 Å². The van der Waals surface area contributed by atoms with Gasteiger partial charge in [-0.1, -0.05) is 6.07 Å². The summed E-state index contributed by atoms with van der Waals surface area (Å²) >= 11 is 0. The summed E-state index contributed by atoms with van der Waals surface area (Å²) in [6.45, 7) is 4.00. The van der Waals surface area contributed by atoms with E-state index in [0.717, 1.165) is 31.7 Å². The van der Waals surface area contributed by atoms with Crippen molar-refractivity contribution in [2.75, 3.05) is 20.2 Å². The van der Waals surface area contributed by atoms with Crippen molar-refractivity contribution >= 4 is 0 Å². The lowest BCUT2D eigenvalue weighted by atomic mass is 9.78. The van der Waals surface area contributed by atoms with E-state index in [1.54, 1.807) is 7.11 Å². The summed E-state index contributed by atoms with van der Waals surface area (Å²) in [5.41, 5.74) is 2.60. The van der Waals surface area contributed by atoms with E-state index in [2.05, 4.69) is 30.4 Å². The molecule has 0 saturated carbocycles. The average Bonchev–Trinajstić information content (AvgIpc) is 2.39. The predicted molar refractivity (Wildman–Crippen MR) is 71.0 cm³/mol. The number of nitrogens with one attached hydrogen (secondary N) is 1. The van der Waals surface area contributed by atoms with E-state index < -0.39 is 0 Å². The van der Waals surface area contributed by atoms with Gasteiger partial charge in [-0.3, -0.25) is 0 Å². The van der Waals surface area contributed by atoms with E-state index in [9.17, 15) is 0 Å². The molecule has 2 atom stereocenters. The van der Waals surface area contributed by atoms with E-state index in [1.807, 2.05) is 0 Å². The number of fused-ring (bicyclic) bond motifs is 2. The monoisotopic (exact) mass is 247 g/mol. The second-order valence-corrected chi connectivity index (χ2v) is 5.43. The molecule has 0 radical (unpaired) electrons. The van der Waals surface area contributed by atoms with Crippen molar-refractivity contribution in [3.63, 3.8) is 0 Å². The van der Waals surface area contributed by atoms with Crippen LogP contribution in [0.5, 0.6) is 5.75 Å². The number of ether oxygens (including phenoxy) is 2. The molecule has 1 N–H and O–H groups in total. The number of hydrogen-bond donors (Lipinski definition) is 1. The maximum absolute atomic E-state index is 6.32. The van der Waals surface area contributed by atoms with Crippen molar-refractivity contribution < 1.29 is 9.47 Å². The maximum Gasteiger partial charge on any atom is 0.119 e. The van der Waals surface area contributed by atoms with Gasteiger partial charge >= 0.3 is 0 Å². The van der Waals surface area contributed by atoms with Crippen LogP contribution in [0.1, 0.15) is 30.9 Å². The molecule has 3 rings (SSSR count). The summed E-state index contributed by atoms with van der Waals surface area (Å²) in [5.74, 6) is 0.928. The molecule has 0 amide bonds. The SMILES string of the molecule is COc1ccc2c(c1)C1(CCC2)CNCC(C)O1. The van der Waals surface area contributed by atoms with Crippen LogP contribution in [0, 0.1) is 0 Å². The molecule has 1 aromatic rings. The molecular weight excluding hydrogens is 226 g/mol. The zero-order valence-corrected chi connectivity index (χ0v) is 11.2. The Labute approximate surface area is 108 Å². The summed E-state index contributed by atoms with van der Waals surface area (Å²) in [6.07, 6.45) is 3.73. The Morgan fingerprint density at radius 1 is 1.44 bits per heavy atom. The molecule has 0 aromatic heterocycles. The van der Waals surface area contributed by atoms with Crippen molar-refractivity contribution in [2.45, 2.75) is 37.9 Å². The Bertz CT molecular complexity index is 446. The van der Waals surface area contributed by atoms with Crippen LogP contribution in [0.25, 0.3) is 0 Å².